The molecule has 1 amide bonds. The van der Waals surface area contributed by atoms with E-state index in [0.717, 1.165) is 44.9 Å². The molecular weight excluding hydrogens is 357 g/mol. The molecule has 0 aliphatic carbocycles. The first-order valence-corrected chi connectivity index (χ1v) is 8.52. The first-order valence-electron chi connectivity index (χ1n) is 7.76. The molecule has 2 rings (SSSR count). The summed E-state index contributed by atoms with van der Waals surface area (Å²) in [5.41, 5.74) is 0.571. The van der Waals surface area contributed by atoms with Crippen molar-refractivity contribution in [3.8, 4) is 0 Å². The first-order chi connectivity index (χ1) is 10.6. The zero-order valence-electron chi connectivity index (χ0n) is 13.3. The lowest BCUT2D eigenvalue weighted by Crippen LogP contribution is -2.41. The van der Waals surface area contributed by atoms with E-state index in [1.807, 2.05) is 0 Å². The molecule has 1 aliphatic heterocycles. The van der Waals surface area contributed by atoms with Crippen molar-refractivity contribution in [3.63, 3.8) is 0 Å². The molecule has 23 heavy (non-hydrogen) atoms. The number of amides is 1. The smallest absolute Gasteiger partial charge is 0.238 e. The molecule has 0 radical (unpaired) electrons. The minimum absolute atomic E-state index is 0. The summed E-state index contributed by atoms with van der Waals surface area (Å²) in [5, 5.41) is 7.29. The van der Waals surface area contributed by atoms with Crippen molar-refractivity contribution >= 4 is 47.2 Å². The van der Waals surface area contributed by atoms with Crippen LogP contribution in [0.25, 0.3) is 0 Å². The van der Waals surface area contributed by atoms with Crippen LogP contribution in [0, 0.1) is 5.92 Å². The number of hydrogen-bond donors (Lipinski definition) is 2. The summed E-state index contributed by atoms with van der Waals surface area (Å²) in [6, 6.07) is 5.06. The lowest BCUT2D eigenvalue weighted by Gasteiger charge is -2.31. The van der Waals surface area contributed by atoms with Crippen molar-refractivity contribution in [1.82, 2.24) is 10.2 Å². The maximum atomic E-state index is 12.1. The monoisotopic (exact) mass is 379 g/mol. The fourth-order valence-electron chi connectivity index (χ4n) is 2.68. The van der Waals surface area contributed by atoms with Gasteiger partial charge in [-0.15, -0.1) is 12.4 Å². The number of nitrogens with zero attached hydrogens (tertiary/aromatic N) is 1. The Labute approximate surface area is 154 Å². The van der Waals surface area contributed by atoms with E-state index in [1.54, 1.807) is 18.2 Å². The molecular formula is C16H24Cl3N3O. The van der Waals surface area contributed by atoms with E-state index in [0.29, 0.717) is 22.3 Å². The molecule has 0 saturated carbocycles. The predicted octanol–water partition coefficient (Wildman–Crippen LogP) is 3.68. The second-order valence-electron chi connectivity index (χ2n) is 5.70. The average molecular weight is 381 g/mol. The van der Waals surface area contributed by atoms with E-state index < -0.39 is 0 Å². The lowest BCUT2D eigenvalue weighted by atomic mass is 9.97. The van der Waals surface area contributed by atoms with E-state index in [4.69, 9.17) is 23.2 Å². The summed E-state index contributed by atoms with van der Waals surface area (Å²) in [7, 11) is 0. The van der Waals surface area contributed by atoms with Gasteiger partial charge in [0.1, 0.15) is 0 Å². The van der Waals surface area contributed by atoms with Crippen LogP contribution in [-0.2, 0) is 4.79 Å². The third kappa shape index (κ3) is 6.86. The fraction of sp³-hybridized carbons (Fsp3) is 0.562. The highest BCUT2D eigenvalue weighted by molar-refractivity contribution is 6.35. The van der Waals surface area contributed by atoms with Crippen LogP contribution in [0.3, 0.4) is 0 Å². The van der Waals surface area contributed by atoms with E-state index in [9.17, 15) is 4.79 Å². The average Bonchev–Trinajstić information content (AvgIpc) is 2.50. The molecule has 1 aromatic carbocycles. The molecule has 1 heterocycles. The molecule has 0 spiro atoms. The number of halogens is 3. The van der Waals surface area contributed by atoms with Crippen LogP contribution in [0.5, 0.6) is 0 Å². The Balaban J connectivity index is 0.00000264. The van der Waals surface area contributed by atoms with Gasteiger partial charge in [-0.25, -0.2) is 0 Å². The van der Waals surface area contributed by atoms with Gasteiger partial charge in [-0.1, -0.05) is 30.1 Å². The summed E-state index contributed by atoms with van der Waals surface area (Å²) in [5.74, 6) is 0.677. The van der Waals surface area contributed by atoms with Gasteiger partial charge in [0.25, 0.3) is 0 Å². The summed E-state index contributed by atoms with van der Waals surface area (Å²) >= 11 is 12.0. The summed E-state index contributed by atoms with van der Waals surface area (Å²) in [4.78, 5) is 14.3. The number of carbonyl (C=O) groups is 1. The van der Waals surface area contributed by atoms with Gasteiger partial charge < -0.3 is 10.6 Å². The number of carbonyl (C=O) groups excluding carboxylic acids is 1. The van der Waals surface area contributed by atoms with Crippen LogP contribution in [0.1, 0.15) is 19.8 Å². The predicted molar refractivity (Wildman–Crippen MR) is 100 cm³/mol. The van der Waals surface area contributed by atoms with Gasteiger partial charge in [-0.05, 0) is 63.1 Å². The van der Waals surface area contributed by atoms with Crippen LogP contribution >= 0.6 is 35.6 Å². The molecule has 0 bridgehead atoms. The zero-order chi connectivity index (χ0) is 15.9. The third-order valence-corrected chi connectivity index (χ3v) is 4.52. The molecule has 4 nitrogen and oxygen atoms in total. The molecule has 0 atom stereocenters. The molecule has 0 unspecified atom stereocenters. The van der Waals surface area contributed by atoms with Crippen LogP contribution in [0.2, 0.25) is 10.0 Å². The second kappa shape index (κ2) is 10.4. The van der Waals surface area contributed by atoms with Gasteiger partial charge in [0.15, 0.2) is 0 Å². The normalized spacial score (nSPS) is 16.0. The largest absolute Gasteiger partial charge is 0.324 e. The van der Waals surface area contributed by atoms with E-state index in [-0.39, 0.29) is 18.3 Å². The first kappa shape index (κ1) is 20.5. The minimum Gasteiger partial charge on any atom is -0.324 e. The van der Waals surface area contributed by atoms with Crippen LogP contribution < -0.4 is 10.6 Å². The van der Waals surface area contributed by atoms with Crippen molar-refractivity contribution in [2.45, 2.75) is 19.8 Å². The molecule has 7 heteroatoms. The summed E-state index contributed by atoms with van der Waals surface area (Å²) < 4.78 is 0. The van der Waals surface area contributed by atoms with Gasteiger partial charge in [0, 0.05) is 5.02 Å². The third-order valence-electron chi connectivity index (χ3n) is 3.96. The number of likely N-dealkylation sites (tertiary alicyclic amines) is 1. The van der Waals surface area contributed by atoms with Gasteiger partial charge in [0.05, 0.1) is 17.3 Å². The standard InChI is InChI=1S/C16H23Cl2N3O.ClH/c1-2-19-10-12-5-7-21(8-6-12)11-16(22)20-15-9-13(17)3-4-14(15)18;/h3-4,9,12,19H,2,5-8,10-11H2,1H3,(H,20,22);1H. The highest BCUT2D eigenvalue weighted by Gasteiger charge is 2.20. The molecule has 130 valence electrons. The maximum absolute atomic E-state index is 12.1. The lowest BCUT2D eigenvalue weighted by molar-refractivity contribution is -0.117. The van der Waals surface area contributed by atoms with Crippen LogP contribution in [-0.4, -0.2) is 43.5 Å². The fourth-order valence-corrected chi connectivity index (χ4v) is 3.02. The van der Waals surface area contributed by atoms with Crippen molar-refractivity contribution in [3.05, 3.63) is 28.2 Å². The Morgan fingerprint density at radius 2 is 2.00 bits per heavy atom. The number of anilines is 1. The van der Waals surface area contributed by atoms with E-state index >= 15 is 0 Å². The maximum Gasteiger partial charge on any atom is 0.238 e. The Morgan fingerprint density at radius 1 is 1.30 bits per heavy atom. The molecule has 1 aliphatic rings. The highest BCUT2D eigenvalue weighted by atomic mass is 35.5. The van der Waals surface area contributed by atoms with Crippen molar-refractivity contribution in [1.29, 1.82) is 0 Å². The Bertz CT molecular complexity index is 505. The minimum atomic E-state index is -0.0469. The summed E-state index contributed by atoms with van der Waals surface area (Å²) in [6.07, 6.45) is 2.27. The number of piperidine rings is 1. The Hall–Kier alpha value is -0.520. The highest BCUT2D eigenvalue weighted by Crippen LogP contribution is 2.25. The number of rotatable bonds is 6. The van der Waals surface area contributed by atoms with Crippen LogP contribution in [0.4, 0.5) is 5.69 Å². The quantitative estimate of drug-likeness (QED) is 0.791. The van der Waals surface area contributed by atoms with Crippen molar-refractivity contribution in [2.75, 3.05) is 38.0 Å². The number of hydrogen-bond acceptors (Lipinski definition) is 3. The van der Waals surface area contributed by atoms with Gasteiger partial charge in [0.2, 0.25) is 5.91 Å². The van der Waals surface area contributed by atoms with E-state index in [2.05, 4.69) is 22.5 Å². The molecule has 1 aromatic rings. The van der Waals surface area contributed by atoms with Crippen LogP contribution in [0.15, 0.2) is 18.2 Å². The van der Waals surface area contributed by atoms with Crippen molar-refractivity contribution < 1.29 is 4.79 Å². The number of nitrogens with one attached hydrogen (secondary N) is 2. The molecule has 0 aromatic heterocycles. The van der Waals surface area contributed by atoms with Gasteiger partial charge >= 0.3 is 0 Å². The molecule has 1 fully saturated rings. The summed E-state index contributed by atoms with van der Waals surface area (Å²) in [6.45, 7) is 6.55. The van der Waals surface area contributed by atoms with Crippen molar-refractivity contribution in [2.24, 2.45) is 5.92 Å². The van der Waals surface area contributed by atoms with E-state index in [1.165, 1.54) is 0 Å². The topological polar surface area (TPSA) is 44.4 Å². The second-order valence-corrected chi connectivity index (χ2v) is 6.54. The molecule has 1 saturated heterocycles. The Morgan fingerprint density at radius 3 is 2.65 bits per heavy atom. The molecule has 2 N–H and O–H groups in total. The van der Waals surface area contributed by atoms with Gasteiger partial charge in [-0.3, -0.25) is 9.69 Å². The zero-order valence-corrected chi connectivity index (χ0v) is 15.6. The Kier molecular flexibility index (Phi) is 9.25. The SMILES string of the molecule is CCNCC1CCN(CC(=O)Nc2cc(Cl)ccc2Cl)CC1.Cl. The van der Waals surface area contributed by atoms with Gasteiger partial charge in [-0.2, -0.15) is 0 Å². The number of benzene rings is 1.